The van der Waals surface area contributed by atoms with E-state index in [0.29, 0.717) is 6.42 Å². The third kappa shape index (κ3) is 2.74. The maximum absolute atomic E-state index is 8.36. The number of nitriles is 1. The first-order valence-electron chi connectivity index (χ1n) is 3.48. The van der Waals surface area contributed by atoms with Crippen LogP contribution in [0.1, 0.15) is 6.42 Å². The van der Waals surface area contributed by atoms with Gasteiger partial charge in [0.1, 0.15) is 0 Å². The summed E-state index contributed by atoms with van der Waals surface area (Å²) in [6, 6.07) is 2.14. The van der Waals surface area contributed by atoms with Crippen LogP contribution in [0.4, 0.5) is 0 Å². The van der Waals surface area contributed by atoms with E-state index in [1.165, 1.54) is 9.79 Å². The van der Waals surface area contributed by atoms with E-state index in [0.717, 1.165) is 5.75 Å². The Hall–Kier alpha value is -0.110. The van der Waals surface area contributed by atoms with Crippen LogP contribution in [0.15, 0.2) is 20.6 Å². The predicted molar refractivity (Wildman–Crippen MR) is 57.1 cm³/mol. The molecule has 0 fully saturated rings. The second-order valence-electron chi connectivity index (χ2n) is 2.06. The molecule has 0 saturated carbocycles. The molecule has 1 heterocycles. The first kappa shape index (κ1) is 9.97. The molecule has 0 saturated heterocycles. The van der Waals surface area contributed by atoms with Gasteiger partial charge in [-0.3, -0.25) is 0 Å². The first-order chi connectivity index (χ1) is 5.88. The summed E-state index contributed by atoms with van der Waals surface area (Å²) in [5.74, 6) is 0.904. The lowest BCUT2D eigenvalue weighted by Gasteiger charge is -1.97. The van der Waals surface area contributed by atoms with Crippen molar-refractivity contribution >= 4 is 34.9 Å². The number of hydrogen-bond acceptors (Lipinski definition) is 4. The first-order valence-corrected chi connectivity index (χ1v) is 6.63. The minimum Gasteiger partial charge on any atom is -0.198 e. The molecule has 1 nitrogen and oxygen atoms in total. The summed E-state index contributed by atoms with van der Waals surface area (Å²) in [6.07, 6.45) is 2.71. The van der Waals surface area contributed by atoms with Crippen molar-refractivity contribution < 1.29 is 0 Å². The van der Waals surface area contributed by atoms with Crippen molar-refractivity contribution in [1.82, 2.24) is 0 Å². The van der Waals surface area contributed by atoms with Crippen LogP contribution >= 0.6 is 34.9 Å². The van der Waals surface area contributed by atoms with E-state index in [4.69, 9.17) is 5.26 Å². The third-order valence-corrected chi connectivity index (χ3v) is 4.29. The van der Waals surface area contributed by atoms with Crippen molar-refractivity contribution in [3.63, 3.8) is 0 Å². The molecule has 4 heteroatoms. The minimum atomic E-state index is 0.633. The molecule has 0 atom stereocenters. The highest BCUT2D eigenvalue weighted by Crippen LogP contribution is 2.32. The van der Waals surface area contributed by atoms with Gasteiger partial charge < -0.3 is 0 Å². The van der Waals surface area contributed by atoms with Gasteiger partial charge in [-0.1, -0.05) is 0 Å². The van der Waals surface area contributed by atoms with Gasteiger partial charge in [-0.25, -0.2) is 0 Å². The number of rotatable bonds is 4. The molecule has 0 aliphatic carbocycles. The van der Waals surface area contributed by atoms with E-state index in [2.05, 4.69) is 23.1 Å². The highest BCUT2D eigenvalue weighted by molar-refractivity contribution is 8.02. The highest BCUT2D eigenvalue weighted by Gasteiger charge is 2.01. The van der Waals surface area contributed by atoms with Crippen LogP contribution in [-0.4, -0.2) is 12.0 Å². The van der Waals surface area contributed by atoms with Crippen molar-refractivity contribution in [3.8, 4) is 6.07 Å². The summed E-state index contributed by atoms with van der Waals surface area (Å²) in [4.78, 5) is 2.66. The van der Waals surface area contributed by atoms with Crippen molar-refractivity contribution in [2.75, 3.05) is 12.0 Å². The Balaban J connectivity index is 2.46. The standard InChI is InChI=1S/C8H9NS3/c1-10-7-5-11-6-8(7)12-4-2-3-9/h5-6H,2,4H2,1H3. The van der Waals surface area contributed by atoms with Crippen LogP contribution in [-0.2, 0) is 0 Å². The Kier molecular flexibility index (Phi) is 4.59. The topological polar surface area (TPSA) is 23.8 Å². The van der Waals surface area contributed by atoms with Gasteiger partial charge >= 0.3 is 0 Å². The molecule has 0 bridgehead atoms. The Labute approximate surface area is 85.2 Å². The summed E-state index contributed by atoms with van der Waals surface area (Å²) in [6.45, 7) is 0. The van der Waals surface area contributed by atoms with E-state index < -0.39 is 0 Å². The van der Waals surface area contributed by atoms with Crippen LogP contribution in [0.5, 0.6) is 0 Å². The summed E-state index contributed by atoms with van der Waals surface area (Å²) >= 11 is 5.26. The van der Waals surface area contributed by atoms with Crippen LogP contribution < -0.4 is 0 Å². The zero-order valence-corrected chi connectivity index (χ0v) is 9.19. The van der Waals surface area contributed by atoms with Gasteiger partial charge in [0.05, 0.1) is 6.07 Å². The average Bonchev–Trinajstić information content (AvgIpc) is 2.52. The van der Waals surface area contributed by atoms with Crippen molar-refractivity contribution in [2.45, 2.75) is 16.2 Å². The zero-order chi connectivity index (χ0) is 8.81. The lowest BCUT2D eigenvalue weighted by Crippen LogP contribution is -1.75. The van der Waals surface area contributed by atoms with E-state index in [-0.39, 0.29) is 0 Å². The summed E-state index contributed by atoms with van der Waals surface area (Å²) in [7, 11) is 0. The van der Waals surface area contributed by atoms with E-state index in [9.17, 15) is 0 Å². The van der Waals surface area contributed by atoms with E-state index >= 15 is 0 Å². The lowest BCUT2D eigenvalue weighted by atomic mass is 10.6. The highest BCUT2D eigenvalue weighted by atomic mass is 32.2. The summed E-state index contributed by atoms with van der Waals surface area (Å²) < 4.78 is 0. The van der Waals surface area contributed by atoms with Crippen LogP contribution in [0.3, 0.4) is 0 Å². The number of thiophene rings is 1. The fraction of sp³-hybridized carbons (Fsp3) is 0.375. The number of nitrogens with zero attached hydrogens (tertiary/aromatic N) is 1. The van der Waals surface area contributed by atoms with Crippen LogP contribution in [0.2, 0.25) is 0 Å². The molecule has 0 aromatic carbocycles. The lowest BCUT2D eigenvalue weighted by molar-refractivity contribution is 1.22. The zero-order valence-electron chi connectivity index (χ0n) is 6.74. The van der Waals surface area contributed by atoms with Gasteiger partial charge in [-0.15, -0.1) is 23.5 Å². The second kappa shape index (κ2) is 5.52. The van der Waals surface area contributed by atoms with Crippen molar-refractivity contribution in [1.29, 1.82) is 5.26 Å². The van der Waals surface area contributed by atoms with Gasteiger partial charge in [-0.2, -0.15) is 16.6 Å². The quantitative estimate of drug-likeness (QED) is 0.567. The van der Waals surface area contributed by atoms with Gasteiger partial charge in [0.2, 0.25) is 0 Å². The smallest absolute Gasteiger partial charge is 0.0630 e. The second-order valence-corrected chi connectivity index (χ2v) is 4.79. The Bertz CT molecular complexity index is 274. The Morgan fingerprint density at radius 3 is 2.92 bits per heavy atom. The van der Waals surface area contributed by atoms with E-state index in [1.807, 2.05) is 0 Å². The predicted octanol–water partition coefficient (Wildman–Crippen LogP) is 3.48. The van der Waals surface area contributed by atoms with Crippen molar-refractivity contribution in [2.24, 2.45) is 0 Å². The molecule has 64 valence electrons. The van der Waals surface area contributed by atoms with E-state index in [1.54, 1.807) is 34.9 Å². The fourth-order valence-electron chi connectivity index (χ4n) is 0.734. The summed E-state index contributed by atoms with van der Waals surface area (Å²) in [5.41, 5.74) is 0. The molecule has 0 amide bonds. The maximum Gasteiger partial charge on any atom is 0.0630 e. The normalized spacial score (nSPS) is 9.67. The van der Waals surface area contributed by atoms with Crippen LogP contribution in [0.25, 0.3) is 0 Å². The molecule has 0 spiro atoms. The molecule has 1 rings (SSSR count). The molecular weight excluding hydrogens is 206 g/mol. The maximum atomic E-state index is 8.36. The van der Waals surface area contributed by atoms with Gasteiger partial charge in [0.15, 0.2) is 0 Å². The number of hydrogen-bond donors (Lipinski definition) is 0. The van der Waals surface area contributed by atoms with Crippen LogP contribution in [0, 0.1) is 11.3 Å². The Morgan fingerprint density at radius 1 is 1.50 bits per heavy atom. The largest absolute Gasteiger partial charge is 0.198 e. The Morgan fingerprint density at radius 2 is 2.25 bits per heavy atom. The van der Waals surface area contributed by atoms with Gasteiger partial charge in [0.25, 0.3) is 0 Å². The molecule has 1 aromatic heterocycles. The molecule has 0 radical (unpaired) electrons. The van der Waals surface area contributed by atoms with Gasteiger partial charge in [-0.05, 0) is 6.26 Å². The minimum absolute atomic E-state index is 0.633. The molecule has 1 aromatic rings. The molecule has 0 aliphatic rings. The molecular formula is C8H9NS3. The third-order valence-electron chi connectivity index (χ3n) is 1.28. The SMILES string of the molecule is CSc1cscc1SCCC#N. The molecule has 0 unspecified atom stereocenters. The average molecular weight is 215 g/mol. The fourth-order valence-corrected chi connectivity index (χ4v) is 3.74. The van der Waals surface area contributed by atoms with Crippen molar-refractivity contribution in [3.05, 3.63) is 10.8 Å². The molecule has 12 heavy (non-hydrogen) atoms. The molecule has 0 N–H and O–H groups in total. The monoisotopic (exact) mass is 215 g/mol. The van der Waals surface area contributed by atoms with Gasteiger partial charge in [0, 0.05) is 32.7 Å². The number of thioether (sulfide) groups is 2. The molecule has 0 aliphatic heterocycles. The summed E-state index contributed by atoms with van der Waals surface area (Å²) in [5, 5.41) is 12.7.